The van der Waals surface area contributed by atoms with Gasteiger partial charge in [0.1, 0.15) is 6.61 Å². The Morgan fingerprint density at radius 3 is 2.37 bits per heavy atom. The van der Waals surface area contributed by atoms with Crippen molar-refractivity contribution in [2.45, 2.75) is 53.4 Å². The first-order chi connectivity index (χ1) is 24.9. The number of carbonyl (C=O) groups excluding carboxylic acids is 2. The van der Waals surface area contributed by atoms with E-state index in [4.69, 9.17) is 23.7 Å². The molecule has 0 unspecified atom stereocenters. The second kappa shape index (κ2) is 16.4. The summed E-state index contributed by atoms with van der Waals surface area (Å²) in [5.74, 6) is -0.161. The topological polar surface area (TPSA) is 158 Å². The van der Waals surface area contributed by atoms with Crippen molar-refractivity contribution < 1.29 is 38.2 Å². The van der Waals surface area contributed by atoms with Gasteiger partial charge in [0, 0.05) is 6.07 Å². The summed E-state index contributed by atoms with van der Waals surface area (Å²) in [5, 5.41) is 12.2. The van der Waals surface area contributed by atoms with Gasteiger partial charge >= 0.3 is 17.6 Å². The van der Waals surface area contributed by atoms with Crippen LogP contribution in [0.25, 0.3) is 6.08 Å². The first-order valence-electron chi connectivity index (χ1n) is 16.3. The molecule has 52 heavy (non-hydrogen) atoms. The van der Waals surface area contributed by atoms with E-state index in [1.807, 2.05) is 13.8 Å². The molecule has 0 saturated heterocycles. The normalized spacial score (nSPS) is 14.1. The van der Waals surface area contributed by atoms with E-state index in [1.165, 1.54) is 23.8 Å². The predicted molar refractivity (Wildman–Crippen MR) is 197 cm³/mol. The molecule has 0 N–H and O–H groups in total. The third-order valence-corrected chi connectivity index (χ3v) is 9.34. The van der Waals surface area contributed by atoms with Crippen molar-refractivity contribution in [2.75, 3.05) is 20.3 Å². The molecular formula is C37H36BrN3O10S. The molecule has 0 bridgehead atoms. The number of methoxy groups -OCH3 is 1. The fourth-order valence-electron chi connectivity index (χ4n) is 5.53. The van der Waals surface area contributed by atoms with Crippen LogP contribution < -0.4 is 29.1 Å². The number of benzene rings is 3. The average Bonchev–Trinajstić information content (AvgIpc) is 3.40. The monoisotopic (exact) mass is 793 g/mol. The number of aromatic nitrogens is 1. The molecule has 13 nitrogen and oxygen atoms in total. The van der Waals surface area contributed by atoms with Crippen LogP contribution in [0.4, 0.5) is 5.69 Å². The number of carbonyl (C=O) groups is 2. The first-order valence-corrected chi connectivity index (χ1v) is 17.9. The lowest BCUT2D eigenvalue weighted by Gasteiger charge is -2.25. The van der Waals surface area contributed by atoms with Gasteiger partial charge in [-0.3, -0.25) is 19.5 Å². The Kier molecular flexibility index (Phi) is 12.0. The van der Waals surface area contributed by atoms with Gasteiger partial charge in [0.2, 0.25) is 5.75 Å². The second-order valence-electron chi connectivity index (χ2n) is 11.7. The molecule has 2 heterocycles. The van der Waals surface area contributed by atoms with Crippen molar-refractivity contribution in [3.05, 3.63) is 122 Å². The molecule has 4 aromatic rings. The molecule has 0 radical (unpaired) electrons. The lowest BCUT2D eigenvalue weighted by molar-refractivity contribution is -0.386. The number of thiazole rings is 1. The van der Waals surface area contributed by atoms with Crippen LogP contribution in [-0.4, -0.2) is 47.9 Å². The maximum Gasteiger partial charge on any atom is 0.338 e. The number of hydrogen-bond donors (Lipinski definition) is 0. The summed E-state index contributed by atoms with van der Waals surface area (Å²) >= 11 is 4.49. The van der Waals surface area contributed by atoms with Crippen molar-refractivity contribution in [3.8, 4) is 17.2 Å². The summed E-state index contributed by atoms with van der Waals surface area (Å²) in [7, 11) is 1.50. The maximum absolute atomic E-state index is 14.2. The standard InChI is InChI=1S/C37H36BrN3O10S/c1-7-48-35(43)24-11-9-22(10-12-24)19-50-33-26(38)15-23(16-27(33)41(45)46)17-30-34(42)40-32(25-13-14-28(51-20(3)4)29(18-25)47-6)31(36(44)49-8-2)21(5)39-37(40)52-30/h9-18,20,32H,7-8,19H2,1-6H3/b30-17+/t32-/m0/s1. The number of esters is 2. The molecule has 1 atom stereocenters. The lowest BCUT2D eigenvalue weighted by atomic mass is 9.95. The van der Waals surface area contributed by atoms with Crippen LogP contribution in [-0.2, 0) is 20.9 Å². The summed E-state index contributed by atoms with van der Waals surface area (Å²) in [6.45, 7) is 9.22. The number of nitro groups is 1. The Morgan fingerprint density at radius 2 is 1.73 bits per heavy atom. The molecule has 0 fully saturated rings. The molecule has 0 aliphatic carbocycles. The number of hydrogen-bond acceptors (Lipinski definition) is 12. The molecule has 0 amide bonds. The first kappa shape index (κ1) is 38.0. The van der Waals surface area contributed by atoms with Gasteiger partial charge in [0.25, 0.3) is 5.56 Å². The van der Waals surface area contributed by atoms with E-state index >= 15 is 0 Å². The highest BCUT2D eigenvalue weighted by Gasteiger charge is 2.34. The molecule has 1 aromatic heterocycles. The van der Waals surface area contributed by atoms with E-state index in [9.17, 15) is 24.5 Å². The van der Waals surface area contributed by atoms with Crippen molar-refractivity contribution in [1.29, 1.82) is 0 Å². The zero-order valence-corrected chi connectivity index (χ0v) is 31.7. The summed E-state index contributed by atoms with van der Waals surface area (Å²) in [6, 6.07) is 13.7. The van der Waals surface area contributed by atoms with Gasteiger partial charge in [0.05, 0.1) is 63.2 Å². The highest BCUT2D eigenvalue weighted by Crippen LogP contribution is 2.38. The van der Waals surface area contributed by atoms with Crippen LogP contribution in [0.15, 0.2) is 80.1 Å². The third kappa shape index (κ3) is 8.10. The van der Waals surface area contributed by atoms with E-state index in [0.29, 0.717) is 44.3 Å². The SMILES string of the molecule is CCOC(=O)C1=C(C)N=c2s/c(=C/c3cc(Br)c(OCc4ccc(C(=O)OCC)cc4)c([N+](=O)[O-])c3)c(=O)n2[C@H]1c1ccc(OC(C)C)c(OC)c1. The Morgan fingerprint density at radius 1 is 1.04 bits per heavy atom. The van der Waals surface area contributed by atoms with Gasteiger partial charge in [-0.15, -0.1) is 0 Å². The fraction of sp³-hybridized carbons (Fsp3) is 0.297. The quantitative estimate of drug-likeness (QED) is 0.0891. The van der Waals surface area contributed by atoms with E-state index < -0.39 is 28.5 Å². The lowest BCUT2D eigenvalue weighted by Crippen LogP contribution is -2.40. The summed E-state index contributed by atoms with van der Waals surface area (Å²) in [4.78, 5) is 56.1. The summed E-state index contributed by atoms with van der Waals surface area (Å²) < 4.78 is 29.7. The highest BCUT2D eigenvalue weighted by atomic mass is 79.9. The molecule has 1 aliphatic rings. The minimum absolute atomic E-state index is 0.00776. The number of ether oxygens (including phenoxy) is 5. The van der Waals surface area contributed by atoms with Crippen LogP contribution >= 0.6 is 27.3 Å². The Bertz CT molecular complexity index is 2240. The molecule has 15 heteroatoms. The number of fused-ring (bicyclic) bond motifs is 1. The number of nitro benzene ring substituents is 1. The number of halogens is 1. The van der Waals surface area contributed by atoms with Gasteiger partial charge in [-0.2, -0.15) is 0 Å². The van der Waals surface area contributed by atoms with Gasteiger partial charge in [-0.1, -0.05) is 29.5 Å². The van der Waals surface area contributed by atoms with Crippen molar-refractivity contribution in [3.63, 3.8) is 0 Å². The zero-order valence-electron chi connectivity index (χ0n) is 29.3. The van der Waals surface area contributed by atoms with E-state index in [2.05, 4.69) is 20.9 Å². The largest absolute Gasteiger partial charge is 0.493 e. The summed E-state index contributed by atoms with van der Waals surface area (Å²) in [6.07, 6.45) is 1.41. The summed E-state index contributed by atoms with van der Waals surface area (Å²) in [5.41, 5.74) is 1.74. The third-order valence-electron chi connectivity index (χ3n) is 7.77. The van der Waals surface area contributed by atoms with Crippen molar-refractivity contribution in [2.24, 2.45) is 4.99 Å². The van der Waals surface area contributed by atoms with E-state index in [-0.39, 0.29) is 51.9 Å². The smallest absolute Gasteiger partial charge is 0.338 e. The predicted octanol–water partition coefficient (Wildman–Crippen LogP) is 6.02. The van der Waals surface area contributed by atoms with E-state index in [1.54, 1.807) is 69.3 Å². The van der Waals surface area contributed by atoms with Crippen LogP contribution in [0.5, 0.6) is 17.2 Å². The van der Waals surface area contributed by atoms with Gasteiger partial charge in [-0.05, 0) is 104 Å². The van der Waals surface area contributed by atoms with Crippen LogP contribution in [0.3, 0.4) is 0 Å². The van der Waals surface area contributed by atoms with Crippen LogP contribution in [0.1, 0.15) is 67.7 Å². The zero-order chi connectivity index (χ0) is 37.7. The molecule has 5 rings (SSSR count). The second-order valence-corrected chi connectivity index (χ2v) is 13.6. The minimum Gasteiger partial charge on any atom is -0.493 e. The maximum atomic E-state index is 14.2. The number of allylic oxidation sites excluding steroid dienone is 1. The average molecular weight is 795 g/mol. The Labute approximate surface area is 311 Å². The Balaban J connectivity index is 1.55. The molecular weight excluding hydrogens is 758 g/mol. The number of rotatable bonds is 13. The number of nitrogens with zero attached hydrogens (tertiary/aromatic N) is 3. The van der Waals surface area contributed by atoms with Crippen LogP contribution in [0.2, 0.25) is 0 Å². The van der Waals surface area contributed by atoms with Gasteiger partial charge < -0.3 is 23.7 Å². The molecule has 1 aliphatic heterocycles. The van der Waals surface area contributed by atoms with E-state index in [0.717, 1.165) is 11.3 Å². The van der Waals surface area contributed by atoms with Crippen molar-refractivity contribution in [1.82, 2.24) is 4.57 Å². The molecule has 3 aromatic carbocycles. The Hall–Kier alpha value is -5.28. The molecule has 272 valence electrons. The van der Waals surface area contributed by atoms with Crippen molar-refractivity contribution >= 4 is 51.0 Å². The van der Waals surface area contributed by atoms with Gasteiger partial charge in [0.15, 0.2) is 16.3 Å². The fourth-order valence-corrected chi connectivity index (χ4v) is 7.16. The molecule has 0 spiro atoms. The van der Waals surface area contributed by atoms with Crippen LogP contribution in [0, 0.1) is 10.1 Å². The van der Waals surface area contributed by atoms with Gasteiger partial charge in [-0.25, -0.2) is 14.6 Å². The molecule has 0 saturated carbocycles. The minimum atomic E-state index is -0.914. The highest BCUT2D eigenvalue weighted by molar-refractivity contribution is 9.10.